The van der Waals surface area contributed by atoms with Crippen LogP contribution >= 0.6 is 11.8 Å². The molecule has 2 aromatic carbocycles. The third-order valence-corrected chi connectivity index (χ3v) is 5.15. The molecule has 0 aliphatic heterocycles. The first kappa shape index (κ1) is 17.7. The van der Waals surface area contributed by atoms with Gasteiger partial charge in [0.1, 0.15) is 0 Å². The molecule has 0 unspecified atom stereocenters. The minimum atomic E-state index is 0.760. The van der Waals surface area contributed by atoms with E-state index in [0.717, 1.165) is 41.0 Å². The smallest absolute Gasteiger partial charge is 0.196 e. The van der Waals surface area contributed by atoms with E-state index in [2.05, 4.69) is 58.9 Å². The molecular weight excluding hydrogens is 330 g/mol. The van der Waals surface area contributed by atoms with E-state index in [9.17, 15) is 0 Å². The Morgan fingerprint density at radius 3 is 2.52 bits per heavy atom. The van der Waals surface area contributed by atoms with Crippen molar-refractivity contribution in [1.29, 1.82) is 0 Å². The third kappa shape index (κ3) is 4.11. The van der Waals surface area contributed by atoms with Crippen molar-refractivity contribution in [2.75, 3.05) is 19.5 Å². The van der Waals surface area contributed by atoms with E-state index in [1.807, 2.05) is 18.2 Å². The molecule has 1 heterocycles. The van der Waals surface area contributed by atoms with E-state index >= 15 is 0 Å². The number of aromatic nitrogens is 3. The number of aryl methyl sites for hydroxylation is 2. The molecule has 5 heteroatoms. The molecule has 0 atom stereocenters. The van der Waals surface area contributed by atoms with Gasteiger partial charge >= 0.3 is 0 Å². The lowest BCUT2D eigenvalue weighted by Gasteiger charge is -2.12. The van der Waals surface area contributed by atoms with Gasteiger partial charge in [-0.2, -0.15) is 0 Å². The van der Waals surface area contributed by atoms with Gasteiger partial charge in [0.05, 0.1) is 5.69 Å². The van der Waals surface area contributed by atoms with Crippen molar-refractivity contribution in [1.82, 2.24) is 14.8 Å². The Labute approximate surface area is 153 Å². The third-order valence-electron chi connectivity index (χ3n) is 4.14. The second-order valence-electron chi connectivity index (χ2n) is 5.97. The average molecular weight is 353 g/mol. The van der Waals surface area contributed by atoms with E-state index < -0.39 is 0 Å². The molecule has 0 N–H and O–H groups in total. The van der Waals surface area contributed by atoms with Crippen LogP contribution in [0.2, 0.25) is 0 Å². The number of thioether (sulfide) groups is 1. The predicted octanol–water partition coefficient (Wildman–Crippen LogP) is 4.68. The minimum Gasteiger partial charge on any atom is -0.385 e. The predicted molar refractivity (Wildman–Crippen MR) is 103 cm³/mol. The normalized spacial score (nSPS) is 11.0. The van der Waals surface area contributed by atoms with E-state index in [1.54, 1.807) is 18.9 Å². The quantitative estimate of drug-likeness (QED) is 0.457. The van der Waals surface area contributed by atoms with Gasteiger partial charge < -0.3 is 4.74 Å². The number of ether oxygens (including phenoxy) is 1. The number of hydrogen-bond donors (Lipinski definition) is 0. The minimum absolute atomic E-state index is 0.760. The summed E-state index contributed by atoms with van der Waals surface area (Å²) in [6.45, 7) is 5.02. The van der Waals surface area contributed by atoms with Crippen molar-refractivity contribution in [3.05, 3.63) is 59.7 Å². The number of nitrogens with zero attached hydrogens (tertiary/aromatic N) is 3. The average Bonchev–Trinajstić information content (AvgIpc) is 3.06. The fraction of sp³-hybridized carbons (Fsp3) is 0.300. The van der Waals surface area contributed by atoms with Crippen LogP contribution in [0.25, 0.3) is 17.1 Å². The van der Waals surface area contributed by atoms with Crippen LogP contribution in [0.3, 0.4) is 0 Å². The van der Waals surface area contributed by atoms with E-state index in [1.165, 1.54) is 11.1 Å². The maximum Gasteiger partial charge on any atom is 0.196 e. The zero-order valence-corrected chi connectivity index (χ0v) is 15.7. The van der Waals surface area contributed by atoms with Crippen molar-refractivity contribution in [2.24, 2.45) is 0 Å². The number of benzene rings is 2. The molecule has 4 nitrogen and oxygen atoms in total. The van der Waals surface area contributed by atoms with Crippen LogP contribution in [-0.2, 0) is 4.74 Å². The van der Waals surface area contributed by atoms with Crippen molar-refractivity contribution in [3.8, 4) is 17.1 Å². The maximum absolute atomic E-state index is 5.14. The van der Waals surface area contributed by atoms with Crippen LogP contribution in [0.1, 0.15) is 17.5 Å². The Kier molecular flexibility index (Phi) is 5.89. The summed E-state index contributed by atoms with van der Waals surface area (Å²) in [5, 5.41) is 9.84. The van der Waals surface area contributed by atoms with Crippen LogP contribution in [0.15, 0.2) is 53.7 Å². The molecule has 0 bridgehead atoms. The molecule has 1 aromatic heterocycles. The van der Waals surface area contributed by atoms with Gasteiger partial charge in [-0.1, -0.05) is 48.2 Å². The first-order valence-electron chi connectivity index (χ1n) is 8.41. The van der Waals surface area contributed by atoms with Crippen LogP contribution in [-0.4, -0.2) is 34.2 Å². The SMILES string of the molecule is COCCCSc1nnc(-c2ccccc2)n1-c1ccc(C)c(C)c1. The number of hydrogen-bond acceptors (Lipinski definition) is 4. The molecule has 0 aliphatic rings. The highest BCUT2D eigenvalue weighted by Crippen LogP contribution is 2.29. The first-order valence-corrected chi connectivity index (χ1v) is 9.39. The van der Waals surface area contributed by atoms with Crippen LogP contribution in [0.4, 0.5) is 0 Å². The Hall–Kier alpha value is -2.11. The van der Waals surface area contributed by atoms with Crippen molar-refractivity contribution in [2.45, 2.75) is 25.4 Å². The maximum atomic E-state index is 5.14. The summed E-state index contributed by atoms with van der Waals surface area (Å²) < 4.78 is 7.29. The Morgan fingerprint density at radius 2 is 1.80 bits per heavy atom. The molecule has 0 fully saturated rings. The summed E-state index contributed by atoms with van der Waals surface area (Å²) in [7, 11) is 1.73. The molecular formula is C20H23N3OS. The van der Waals surface area contributed by atoms with Gasteiger partial charge in [0.15, 0.2) is 11.0 Å². The second-order valence-corrected chi connectivity index (χ2v) is 7.03. The van der Waals surface area contributed by atoms with Crippen molar-refractivity contribution in [3.63, 3.8) is 0 Å². The van der Waals surface area contributed by atoms with Crippen LogP contribution in [0.5, 0.6) is 0 Å². The summed E-state index contributed by atoms with van der Waals surface area (Å²) in [4.78, 5) is 0. The molecule has 3 rings (SSSR count). The number of methoxy groups -OCH3 is 1. The summed E-state index contributed by atoms with van der Waals surface area (Å²) in [6.07, 6.45) is 0.988. The van der Waals surface area contributed by atoms with Gasteiger partial charge in [-0.15, -0.1) is 10.2 Å². The Morgan fingerprint density at radius 1 is 1.00 bits per heavy atom. The molecule has 3 aromatic rings. The summed E-state index contributed by atoms with van der Waals surface area (Å²) in [5.41, 5.74) is 4.71. The molecule has 0 spiro atoms. The Bertz CT molecular complexity index is 830. The molecule has 0 amide bonds. The Balaban J connectivity index is 2.01. The molecule has 25 heavy (non-hydrogen) atoms. The van der Waals surface area contributed by atoms with Gasteiger partial charge in [0, 0.05) is 25.0 Å². The molecule has 0 saturated carbocycles. The highest BCUT2D eigenvalue weighted by molar-refractivity contribution is 7.99. The van der Waals surface area contributed by atoms with Crippen molar-refractivity contribution >= 4 is 11.8 Å². The highest BCUT2D eigenvalue weighted by Gasteiger charge is 2.16. The summed E-state index contributed by atoms with van der Waals surface area (Å²) >= 11 is 1.72. The lowest BCUT2D eigenvalue weighted by atomic mass is 10.1. The van der Waals surface area contributed by atoms with E-state index in [-0.39, 0.29) is 0 Å². The fourth-order valence-corrected chi connectivity index (χ4v) is 3.47. The zero-order chi connectivity index (χ0) is 17.6. The van der Waals surface area contributed by atoms with Gasteiger partial charge in [-0.3, -0.25) is 4.57 Å². The second kappa shape index (κ2) is 8.32. The molecule has 0 radical (unpaired) electrons. The van der Waals surface area contributed by atoms with E-state index in [0.29, 0.717) is 0 Å². The topological polar surface area (TPSA) is 39.9 Å². The zero-order valence-electron chi connectivity index (χ0n) is 14.9. The van der Waals surface area contributed by atoms with Gasteiger partial charge in [0.25, 0.3) is 0 Å². The fourth-order valence-electron chi connectivity index (χ4n) is 2.60. The van der Waals surface area contributed by atoms with Crippen molar-refractivity contribution < 1.29 is 4.74 Å². The van der Waals surface area contributed by atoms with Gasteiger partial charge in [0.2, 0.25) is 0 Å². The van der Waals surface area contributed by atoms with Gasteiger partial charge in [-0.05, 0) is 43.5 Å². The molecule has 130 valence electrons. The van der Waals surface area contributed by atoms with E-state index in [4.69, 9.17) is 4.74 Å². The first-order chi connectivity index (χ1) is 12.2. The molecule has 0 aliphatic carbocycles. The highest BCUT2D eigenvalue weighted by atomic mass is 32.2. The lowest BCUT2D eigenvalue weighted by Crippen LogP contribution is -2.01. The summed E-state index contributed by atoms with van der Waals surface area (Å²) in [5.74, 6) is 1.82. The largest absolute Gasteiger partial charge is 0.385 e. The van der Waals surface area contributed by atoms with Crippen LogP contribution < -0.4 is 0 Å². The van der Waals surface area contributed by atoms with Crippen LogP contribution in [0, 0.1) is 13.8 Å². The lowest BCUT2D eigenvalue weighted by molar-refractivity contribution is 0.200. The number of rotatable bonds is 7. The monoisotopic (exact) mass is 353 g/mol. The molecule has 0 saturated heterocycles. The van der Waals surface area contributed by atoms with Gasteiger partial charge in [-0.25, -0.2) is 0 Å². The standard InChI is InChI=1S/C20H23N3OS/c1-15-10-11-18(14-16(15)2)23-19(17-8-5-4-6-9-17)21-22-20(23)25-13-7-12-24-3/h4-6,8-11,14H,7,12-13H2,1-3H3. The summed E-state index contributed by atoms with van der Waals surface area (Å²) in [6, 6.07) is 16.7.